The van der Waals surface area contributed by atoms with Crippen molar-refractivity contribution in [1.82, 2.24) is 30.0 Å². The Morgan fingerprint density at radius 2 is 2.04 bits per heavy atom. The highest BCUT2D eigenvalue weighted by Crippen LogP contribution is 2.31. The number of nitrogens with one attached hydrogen (secondary N) is 1. The Bertz CT molecular complexity index is 1130. The van der Waals surface area contributed by atoms with E-state index in [9.17, 15) is 4.79 Å². The summed E-state index contributed by atoms with van der Waals surface area (Å²) < 4.78 is 1.69. The average Bonchev–Trinajstić information content (AvgIpc) is 3.28. The van der Waals surface area contributed by atoms with Crippen LogP contribution in [0.2, 0.25) is 0 Å². The summed E-state index contributed by atoms with van der Waals surface area (Å²) in [4.78, 5) is 27.6. The Morgan fingerprint density at radius 3 is 2.81 bits per heavy atom. The lowest BCUT2D eigenvalue weighted by Crippen LogP contribution is -2.23. The summed E-state index contributed by atoms with van der Waals surface area (Å²) in [6.07, 6.45) is 5.23. The minimum atomic E-state index is -0.122. The van der Waals surface area contributed by atoms with Crippen molar-refractivity contribution in [3.05, 3.63) is 64.3 Å². The minimum Gasteiger partial charge on any atom is -0.347 e. The Kier molecular flexibility index (Phi) is 4.41. The number of pyridine rings is 1. The first kappa shape index (κ1) is 17.3. The molecule has 1 N–H and O–H groups in total. The van der Waals surface area contributed by atoms with Gasteiger partial charge in [0.25, 0.3) is 5.91 Å². The number of fused-ring (bicyclic) bond motifs is 1. The van der Waals surface area contributed by atoms with Gasteiger partial charge in [0.05, 0.1) is 4.88 Å². The summed E-state index contributed by atoms with van der Waals surface area (Å²) in [6.45, 7) is 6.11. The number of rotatable bonds is 4. The van der Waals surface area contributed by atoms with Gasteiger partial charge in [0.15, 0.2) is 5.82 Å². The van der Waals surface area contributed by atoms with Crippen LogP contribution in [0.3, 0.4) is 0 Å². The molecule has 27 heavy (non-hydrogen) atoms. The van der Waals surface area contributed by atoms with Gasteiger partial charge in [0, 0.05) is 41.8 Å². The van der Waals surface area contributed by atoms with Crippen LogP contribution < -0.4 is 5.32 Å². The van der Waals surface area contributed by atoms with Crippen LogP contribution in [0, 0.1) is 20.8 Å². The molecular weight excluding hydrogens is 360 g/mol. The summed E-state index contributed by atoms with van der Waals surface area (Å²) in [5.41, 5.74) is 2.71. The molecule has 0 atom stereocenters. The molecule has 4 heterocycles. The van der Waals surface area contributed by atoms with E-state index in [1.807, 2.05) is 45.2 Å². The third kappa shape index (κ3) is 3.19. The Hall–Kier alpha value is -3.13. The maximum absolute atomic E-state index is 12.8. The van der Waals surface area contributed by atoms with Gasteiger partial charge in [0.2, 0.25) is 0 Å². The number of carbonyl (C=O) groups excluding carboxylic acids is 1. The predicted octanol–water partition coefficient (Wildman–Crippen LogP) is 3.13. The summed E-state index contributed by atoms with van der Waals surface area (Å²) in [7, 11) is 0. The fourth-order valence-electron chi connectivity index (χ4n) is 3.11. The van der Waals surface area contributed by atoms with Crippen LogP contribution in [-0.2, 0) is 6.54 Å². The first-order chi connectivity index (χ1) is 13.0. The molecule has 0 aromatic carbocycles. The number of aryl methyl sites for hydroxylation is 3. The van der Waals surface area contributed by atoms with Gasteiger partial charge in [-0.15, -0.1) is 11.3 Å². The van der Waals surface area contributed by atoms with Crippen LogP contribution in [0.15, 0.2) is 36.8 Å². The van der Waals surface area contributed by atoms with Crippen LogP contribution in [0.25, 0.3) is 16.0 Å². The zero-order valence-corrected chi connectivity index (χ0v) is 16.0. The molecule has 0 aliphatic carbocycles. The summed E-state index contributed by atoms with van der Waals surface area (Å²) >= 11 is 1.40. The van der Waals surface area contributed by atoms with Crippen molar-refractivity contribution in [2.45, 2.75) is 27.3 Å². The predicted molar refractivity (Wildman–Crippen MR) is 104 cm³/mol. The quantitative estimate of drug-likeness (QED) is 0.590. The molecule has 7 nitrogen and oxygen atoms in total. The average molecular weight is 378 g/mol. The van der Waals surface area contributed by atoms with Crippen molar-refractivity contribution in [2.24, 2.45) is 0 Å². The molecular formula is C19H18N6OS. The smallest absolute Gasteiger partial charge is 0.261 e. The van der Waals surface area contributed by atoms with E-state index in [-0.39, 0.29) is 5.91 Å². The molecule has 0 aliphatic rings. The SMILES string of the molecule is Cc1nc(C)c2c(C)c(C(=O)NCc3cccnc3-n3cccn3)sc2n1. The van der Waals surface area contributed by atoms with E-state index in [4.69, 9.17) is 0 Å². The second-order valence-electron chi connectivity index (χ2n) is 6.21. The standard InChI is InChI=1S/C19H18N6OS/c1-11-15-12(2)23-13(3)24-19(15)27-16(11)18(26)21-10-14-6-4-7-20-17(14)25-9-5-8-22-25/h4-9H,10H2,1-3H3,(H,21,26). The fourth-order valence-corrected chi connectivity index (χ4v) is 4.31. The second kappa shape index (κ2) is 6.88. The Labute approximate surface area is 160 Å². The van der Waals surface area contributed by atoms with Crippen molar-refractivity contribution in [1.29, 1.82) is 0 Å². The van der Waals surface area contributed by atoms with Crippen molar-refractivity contribution in [2.75, 3.05) is 0 Å². The van der Waals surface area contributed by atoms with Crippen molar-refractivity contribution in [3.63, 3.8) is 0 Å². The van der Waals surface area contributed by atoms with Gasteiger partial charge in [-0.05, 0) is 38.5 Å². The van der Waals surface area contributed by atoms with Crippen molar-refractivity contribution >= 4 is 27.5 Å². The molecule has 4 aromatic rings. The topological polar surface area (TPSA) is 85.6 Å². The van der Waals surface area contributed by atoms with E-state index < -0.39 is 0 Å². The summed E-state index contributed by atoms with van der Waals surface area (Å²) in [6, 6.07) is 5.62. The van der Waals surface area contributed by atoms with E-state index in [0.717, 1.165) is 27.0 Å². The molecule has 136 valence electrons. The summed E-state index contributed by atoms with van der Waals surface area (Å²) in [5.74, 6) is 1.29. The highest BCUT2D eigenvalue weighted by molar-refractivity contribution is 7.20. The number of hydrogen-bond acceptors (Lipinski definition) is 6. The Morgan fingerprint density at radius 1 is 1.19 bits per heavy atom. The second-order valence-corrected chi connectivity index (χ2v) is 7.21. The van der Waals surface area contributed by atoms with E-state index in [2.05, 4.69) is 25.4 Å². The van der Waals surface area contributed by atoms with E-state index in [0.29, 0.717) is 23.1 Å². The molecule has 0 saturated carbocycles. The van der Waals surface area contributed by atoms with Crippen LogP contribution in [0.4, 0.5) is 0 Å². The van der Waals surface area contributed by atoms with Gasteiger partial charge < -0.3 is 5.32 Å². The van der Waals surface area contributed by atoms with E-state index in [1.54, 1.807) is 17.1 Å². The number of carbonyl (C=O) groups is 1. The molecule has 0 radical (unpaired) electrons. The lowest BCUT2D eigenvalue weighted by atomic mass is 10.1. The maximum atomic E-state index is 12.8. The van der Waals surface area contributed by atoms with Crippen LogP contribution in [0.1, 0.15) is 32.3 Å². The molecule has 0 aliphatic heterocycles. The zero-order chi connectivity index (χ0) is 19.0. The lowest BCUT2D eigenvalue weighted by molar-refractivity contribution is 0.0954. The van der Waals surface area contributed by atoms with Crippen LogP contribution >= 0.6 is 11.3 Å². The molecule has 0 bridgehead atoms. The van der Waals surface area contributed by atoms with Crippen LogP contribution in [-0.4, -0.2) is 30.6 Å². The highest BCUT2D eigenvalue weighted by atomic mass is 32.1. The lowest BCUT2D eigenvalue weighted by Gasteiger charge is -2.09. The Balaban J connectivity index is 1.60. The maximum Gasteiger partial charge on any atom is 0.261 e. The molecule has 8 heteroatoms. The number of aromatic nitrogens is 5. The molecule has 0 fully saturated rings. The third-order valence-electron chi connectivity index (χ3n) is 4.32. The van der Waals surface area contributed by atoms with Gasteiger partial charge in [-0.3, -0.25) is 4.79 Å². The van der Waals surface area contributed by atoms with Gasteiger partial charge in [0.1, 0.15) is 10.7 Å². The minimum absolute atomic E-state index is 0.122. The van der Waals surface area contributed by atoms with E-state index >= 15 is 0 Å². The van der Waals surface area contributed by atoms with Gasteiger partial charge >= 0.3 is 0 Å². The monoisotopic (exact) mass is 378 g/mol. The summed E-state index contributed by atoms with van der Waals surface area (Å²) in [5, 5.41) is 8.18. The van der Waals surface area contributed by atoms with Gasteiger partial charge in [-0.1, -0.05) is 6.07 Å². The van der Waals surface area contributed by atoms with Crippen molar-refractivity contribution < 1.29 is 4.79 Å². The molecule has 0 saturated heterocycles. The molecule has 0 spiro atoms. The number of nitrogens with zero attached hydrogens (tertiary/aromatic N) is 5. The fraction of sp³-hybridized carbons (Fsp3) is 0.211. The number of amides is 1. The number of thiophene rings is 1. The largest absolute Gasteiger partial charge is 0.347 e. The molecule has 4 aromatic heterocycles. The van der Waals surface area contributed by atoms with Crippen LogP contribution in [0.5, 0.6) is 0 Å². The van der Waals surface area contributed by atoms with Gasteiger partial charge in [-0.25, -0.2) is 19.6 Å². The molecule has 1 amide bonds. The molecule has 4 rings (SSSR count). The zero-order valence-electron chi connectivity index (χ0n) is 15.2. The van der Waals surface area contributed by atoms with Gasteiger partial charge in [-0.2, -0.15) is 5.10 Å². The first-order valence-corrected chi connectivity index (χ1v) is 9.32. The first-order valence-electron chi connectivity index (χ1n) is 8.51. The van der Waals surface area contributed by atoms with Crippen molar-refractivity contribution in [3.8, 4) is 5.82 Å². The number of hydrogen-bond donors (Lipinski definition) is 1. The third-order valence-corrected chi connectivity index (χ3v) is 5.50. The van der Waals surface area contributed by atoms with E-state index in [1.165, 1.54) is 11.3 Å². The molecule has 0 unspecified atom stereocenters. The highest BCUT2D eigenvalue weighted by Gasteiger charge is 2.19. The normalized spacial score (nSPS) is 11.1.